The third kappa shape index (κ3) is 8.44. The van der Waals surface area contributed by atoms with E-state index < -0.39 is 0 Å². The van der Waals surface area contributed by atoms with Gasteiger partial charge in [0.2, 0.25) is 0 Å². The van der Waals surface area contributed by atoms with E-state index in [9.17, 15) is 0 Å². The Morgan fingerprint density at radius 1 is 0.388 bits per heavy atom. The first-order chi connectivity index (χ1) is 32.9. The summed E-state index contributed by atoms with van der Waals surface area (Å²) in [6.45, 7) is 12.8. The first kappa shape index (κ1) is 44.3. The molecular weight excluding hydrogens is 809 g/mol. The zero-order chi connectivity index (χ0) is 46.3. The van der Waals surface area contributed by atoms with Crippen molar-refractivity contribution in [3.8, 4) is 16.8 Å². The molecule has 2 heteroatoms. The second kappa shape index (κ2) is 19.7. The lowest BCUT2D eigenvalue weighted by Crippen LogP contribution is -2.23. The van der Waals surface area contributed by atoms with E-state index >= 15 is 0 Å². The number of rotatable bonds is 5. The maximum Gasteiger partial charge on any atom is 0.0782 e. The molecule has 11 aromatic rings. The maximum absolute atomic E-state index is 2.50. The summed E-state index contributed by atoms with van der Waals surface area (Å²) in [6, 6.07) is 87.4. The van der Waals surface area contributed by atoms with Gasteiger partial charge in [-0.25, -0.2) is 0 Å². The van der Waals surface area contributed by atoms with Gasteiger partial charge in [-0.15, -0.1) is 0 Å². The van der Waals surface area contributed by atoms with Crippen LogP contribution in [0.25, 0.3) is 49.4 Å². The van der Waals surface area contributed by atoms with Crippen LogP contribution in [0, 0.1) is 20.8 Å². The van der Waals surface area contributed by atoms with E-state index in [2.05, 4.69) is 243 Å². The highest BCUT2D eigenvalue weighted by molar-refractivity contribution is 6.16. The summed E-state index contributed by atoms with van der Waals surface area (Å²) in [7, 11) is 0. The molecule has 0 saturated carbocycles. The molecule has 1 aromatic heterocycles. The minimum atomic E-state index is -0.343. The van der Waals surface area contributed by atoms with Crippen LogP contribution in [0.2, 0.25) is 0 Å². The number of nitrogens with zero attached hydrogens (tertiary/aromatic N) is 2. The lowest BCUT2D eigenvalue weighted by atomic mass is 9.73. The zero-order valence-electron chi connectivity index (χ0n) is 39.5. The maximum atomic E-state index is 2.50. The first-order valence-electron chi connectivity index (χ1n) is 23.6. The van der Waals surface area contributed by atoms with E-state index in [-0.39, 0.29) is 5.41 Å². The fourth-order valence-corrected chi connectivity index (χ4v) is 9.82. The smallest absolute Gasteiger partial charge is 0.0782 e. The van der Waals surface area contributed by atoms with Crippen molar-refractivity contribution >= 4 is 49.6 Å². The van der Waals surface area contributed by atoms with Gasteiger partial charge >= 0.3 is 0 Å². The standard InChI is InChI=1S/C49H36N2.2C7H8.C2H6/c1-33-29-30-41-42(31-33)49(2,34-17-6-3-7-18-34)43-32-46(37-23-12-13-25-39(37)47(41)43)50(35-19-8-4-9-20-35)45-28-16-26-40-38-24-14-15-27-44(38)51(48(40)45)36-21-10-5-11-22-36;2*1-7-5-3-2-4-6-7;1-2/h3-32H,1-2H3;2*2-6H,1H3;1-2H3. The number of aryl methyl sites for hydroxylation is 3. The Balaban J connectivity index is 0.000000300. The molecule has 0 bridgehead atoms. The molecule has 1 heterocycles. The summed E-state index contributed by atoms with van der Waals surface area (Å²) < 4.78 is 2.44. The molecule has 0 radical (unpaired) electrons. The molecule has 1 aliphatic rings. The van der Waals surface area contributed by atoms with Crippen LogP contribution in [0.5, 0.6) is 0 Å². The van der Waals surface area contributed by atoms with Crippen LogP contribution in [0.4, 0.5) is 17.1 Å². The van der Waals surface area contributed by atoms with Gasteiger partial charge in [-0.05, 0) is 103 Å². The Labute approximate surface area is 397 Å². The number of benzene rings is 10. The van der Waals surface area contributed by atoms with Gasteiger partial charge in [0.05, 0.1) is 22.4 Å². The molecule has 12 rings (SSSR count). The Bertz CT molecular complexity index is 3350. The molecule has 67 heavy (non-hydrogen) atoms. The highest BCUT2D eigenvalue weighted by Gasteiger charge is 2.42. The van der Waals surface area contributed by atoms with E-state index in [1.54, 1.807) is 0 Å². The molecule has 1 aliphatic carbocycles. The second-order valence-electron chi connectivity index (χ2n) is 17.2. The summed E-state index contributed by atoms with van der Waals surface area (Å²) in [6.07, 6.45) is 0. The fraction of sp³-hybridized carbons (Fsp3) is 0.108. The lowest BCUT2D eigenvalue weighted by molar-refractivity contribution is 0.713. The van der Waals surface area contributed by atoms with Crippen molar-refractivity contribution in [3.05, 3.63) is 276 Å². The predicted octanol–water partition coefficient (Wildman–Crippen LogP) is 18.1. The van der Waals surface area contributed by atoms with Crippen molar-refractivity contribution in [1.29, 1.82) is 0 Å². The number of fused-ring (bicyclic) bond motifs is 8. The van der Waals surface area contributed by atoms with Gasteiger partial charge in [0.25, 0.3) is 0 Å². The first-order valence-corrected chi connectivity index (χ1v) is 23.6. The van der Waals surface area contributed by atoms with Gasteiger partial charge in [-0.1, -0.05) is 231 Å². The molecule has 328 valence electrons. The van der Waals surface area contributed by atoms with Gasteiger partial charge in [0.1, 0.15) is 0 Å². The molecule has 0 N–H and O–H groups in total. The number of aromatic nitrogens is 1. The minimum Gasteiger partial charge on any atom is -0.308 e. The molecule has 1 unspecified atom stereocenters. The van der Waals surface area contributed by atoms with Gasteiger partial charge in [-0.2, -0.15) is 0 Å². The van der Waals surface area contributed by atoms with Crippen LogP contribution < -0.4 is 4.90 Å². The van der Waals surface area contributed by atoms with Crippen LogP contribution in [0.3, 0.4) is 0 Å². The Morgan fingerprint density at radius 3 is 1.49 bits per heavy atom. The van der Waals surface area contributed by atoms with Crippen LogP contribution in [-0.2, 0) is 5.41 Å². The fourth-order valence-electron chi connectivity index (χ4n) is 9.82. The Morgan fingerprint density at radius 2 is 0.896 bits per heavy atom. The van der Waals surface area contributed by atoms with Gasteiger partial charge in [0.15, 0.2) is 0 Å². The summed E-state index contributed by atoms with van der Waals surface area (Å²) in [4.78, 5) is 2.50. The van der Waals surface area contributed by atoms with E-state index in [1.807, 2.05) is 50.2 Å². The normalized spacial score (nSPS) is 13.3. The van der Waals surface area contributed by atoms with Crippen LogP contribution in [0.15, 0.2) is 243 Å². The van der Waals surface area contributed by atoms with Crippen molar-refractivity contribution in [2.45, 2.75) is 47.0 Å². The third-order valence-corrected chi connectivity index (χ3v) is 13.0. The molecule has 0 amide bonds. The molecule has 0 aliphatic heterocycles. The number of para-hydroxylation sites is 4. The molecule has 2 nitrogen and oxygen atoms in total. The second-order valence-corrected chi connectivity index (χ2v) is 17.2. The Hall–Kier alpha value is -7.94. The van der Waals surface area contributed by atoms with E-state index in [1.165, 1.54) is 82.8 Å². The summed E-state index contributed by atoms with van der Waals surface area (Å²) in [5.74, 6) is 0. The molecule has 1 atom stereocenters. The summed E-state index contributed by atoms with van der Waals surface area (Å²) in [5, 5.41) is 4.97. The lowest BCUT2D eigenvalue weighted by Gasteiger charge is -2.32. The molecule has 10 aromatic carbocycles. The molecule has 0 saturated heterocycles. The largest absolute Gasteiger partial charge is 0.308 e. The molecule has 0 fully saturated rings. The summed E-state index contributed by atoms with van der Waals surface area (Å²) in [5.41, 5.74) is 17.2. The van der Waals surface area contributed by atoms with Crippen LogP contribution in [0.1, 0.15) is 54.2 Å². The summed E-state index contributed by atoms with van der Waals surface area (Å²) >= 11 is 0. The predicted molar refractivity (Wildman–Crippen MR) is 289 cm³/mol. The van der Waals surface area contributed by atoms with Crippen molar-refractivity contribution < 1.29 is 0 Å². The van der Waals surface area contributed by atoms with Gasteiger partial charge in [-0.3, -0.25) is 0 Å². The van der Waals surface area contributed by atoms with Crippen molar-refractivity contribution in [1.82, 2.24) is 4.57 Å². The van der Waals surface area contributed by atoms with E-state index in [0.717, 1.165) is 17.1 Å². The monoisotopic (exact) mass is 866 g/mol. The average Bonchev–Trinajstić information content (AvgIpc) is 3.86. The topological polar surface area (TPSA) is 8.17 Å². The van der Waals surface area contributed by atoms with E-state index in [4.69, 9.17) is 0 Å². The highest BCUT2D eigenvalue weighted by atomic mass is 15.2. The molecule has 0 spiro atoms. The number of hydrogen-bond acceptors (Lipinski definition) is 1. The van der Waals surface area contributed by atoms with Crippen LogP contribution >= 0.6 is 0 Å². The van der Waals surface area contributed by atoms with Crippen molar-refractivity contribution in [2.24, 2.45) is 0 Å². The van der Waals surface area contributed by atoms with Crippen molar-refractivity contribution in [3.63, 3.8) is 0 Å². The van der Waals surface area contributed by atoms with Crippen molar-refractivity contribution in [2.75, 3.05) is 4.90 Å². The quantitative estimate of drug-likeness (QED) is 0.167. The highest BCUT2D eigenvalue weighted by Crippen LogP contribution is 2.57. The minimum absolute atomic E-state index is 0.343. The van der Waals surface area contributed by atoms with Gasteiger partial charge < -0.3 is 9.47 Å². The van der Waals surface area contributed by atoms with Crippen LogP contribution in [-0.4, -0.2) is 4.57 Å². The zero-order valence-corrected chi connectivity index (χ0v) is 39.5. The third-order valence-electron chi connectivity index (χ3n) is 13.0. The average molecular weight is 867 g/mol. The number of hydrogen-bond donors (Lipinski definition) is 0. The van der Waals surface area contributed by atoms with Gasteiger partial charge in [0, 0.05) is 32.9 Å². The number of anilines is 3. The van der Waals surface area contributed by atoms with E-state index in [0.29, 0.717) is 0 Å². The SMILES string of the molecule is CC.Cc1ccc2c(c1)C(C)(c1ccccc1)c1cc(N(c3ccccc3)c3cccc4c5ccccc5n(-c5ccccc5)c34)c3ccccc3c1-2.Cc1ccccc1.Cc1ccccc1. The Kier molecular flexibility index (Phi) is 13.0. The molecular formula is C65H58N2.